The van der Waals surface area contributed by atoms with Crippen LogP contribution in [0.15, 0.2) is 29.2 Å². The van der Waals surface area contributed by atoms with Gasteiger partial charge in [-0.05, 0) is 50.3 Å². The second kappa shape index (κ2) is 9.05. The Kier molecular flexibility index (Phi) is 7.22. The number of piperidine rings is 1. The zero-order valence-corrected chi connectivity index (χ0v) is 18.0. The van der Waals surface area contributed by atoms with E-state index in [1.807, 2.05) is 0 Å². The minimum Gasteiger partial charge on any atom is -0.452 e. The largest absolute Gasteiger partial charge is 0.452 e. The van der Waals surface area contributed by atoms with Crippen molar-refractivity contribution in [3.05, 3.63) is 29.8 Å². The van der Waals surface area contributed by atoms with Crippen LogP contribution in [0.25, 0.3) is 0 Å². The van der Waals surface area contributed by atoms with Gasteiger partial charge in [-0.15, -0.1) is 0 Å². The van der Waals surface area contributed by atoms with Crippen molar-refractivity contribution in [1.29, 1.82) is 0 Å². The Balaban J connectivity index is 2.04. The number of benzene rings is 1. The molecule has 0 saturated carbocycles. The second-order valence-corrected chi connectivity index (χ2v) is 9.96. The Labute approximate surface area is 167 Å². The molecule has 0 radical (unpaired) electrons. The third-order valence-corrected chi connectivity index (χ3v) is 7.05. The van der Waals surface area contributed by atoms with Crippen molar-refractivity contribution in [2.45, 2.75) is 45.1 Å². The number of nitrogens with zero attached hydrogens (tertiary/aromatic N) is 2. The van der Waals surface area contributed by atoms with Gasteiger partial charge >= 0.3 is 5.97 Å². The maximum Gasteiger partial charge on any atom is 0.338 e. The molecule has 1 aliphatic heterocycles. The van der Waals surface area contributed by atoms with Gasteiger partial charge in [-0.25, -0.2) is 13.2 Å². The predicted octanol–water partition coefficient (Wildman–Crippen LogP) is 2.38. The number of likely N-dealkylation sites (tertiary alicyclic amines) is 1. The zero-order chi connectivity index (χ0) is 21.1. The minimum atomic E-state index is -3.70. The highest BCUT2D eigenvalue weighted by Gasteiger charge is 2.27. The number of hydrogen-bond acceptors (Lipinski definition) is 5. The van der Waals surface area contributed by atoms with E-state index in [1.54, 1.807) is 18.7 Å². The molecule has 1 fully saturated rings. The Morgan fingerprint density at radius 1 is 1.21 bits per heavy atom. The van der Waals surface area contributed by atoms with Gasteiger partial charge < -0.3 is 9.64 Å². The molecule has 0 spiro atoms. The Morgan fingerprint density at radius 2 is 1.82 bits per heavy atom. The molecule has 0 N–H and O–H groups in total. The van der Waals surface area contributed by atoms with Gasteiger partial charge in [0, 0.05) is 26.2 Å². The fourth-order valence-corrected chi connectivity index (χ4v) is 4.81. The average molecular weight is 411 g/mol. The van der Waals surface area contributed by atoms with Crippen LogP contribution >= 0.6 is 0 Å². The first-order valence-electron chi connectivity index (χ1n) is 9.55. The van der Waals surface area contributed by atoms with Gasteiger partial charge in [0.15, 0.2) is 6.61 Å². The summed E-state index contributed by atoms with van der Waals surface area (Å²) in [6.07, 6.45) is 1.08. The monoisotopic (exact) mass is 410 g/mol. The fraction of sp³-hybridized carbons (Fsp3) is 0.600. The van der Waals surface area contributed by atoms with Crippen molar-refractivity contribution in [2.24, 2.45) is 11.8 Å². The maximum atomic E-state index is 12.6. The number of hydrogen-bond donors (Lipinski definition) is 0. The Hall–Kier alpha value is -1.93. The lowest BCUT2D eigenvalue weighted by Gasteiger charge is -2.34. The molecule has 2 atom stereocenters. The van der Waals surface area contributed by atoms with Gasteiger partial charge in [0.05, 0.1) is 10.5 Å². The van der Waals surface area contributed by atoms with Crippen molar-refractivity contribution >= 4 is 21.9 Å². The molecule has 0 bridgehead atoms. The van der Waals surface area contributed by atoms with Gasteiger partial charge in [0.25, 0.3) is 5.91 Å². The molecule has 1 aromatic rings. The van der Waals surface area contributed by atoms with Crippen LogP contribution in [0, 0.1) is 11.8 Å². The Morgan fingerprint density at radius 3 is 2.39 bits per heavy atom. The molecule has 1 aromatic carbocycles. The molecule has 1 amide bonds. The fourth-order valence-electron chi connectivity index (χ4n) is 3.40. The number of carbonyl (C=O) groups excluding carboxylic acids is 2. The van der Waals surface area contributed by atoms with Gasteiger partial charge in [0.1, 0.15) is 0 Å². The lowest BCUT2D eigenvalue weighted by Crippen LogP contribution is -2.44. The molecule has 156 valence electrons. The summed E-state index contributed by atoms with van der Waals surface area (Å²) in [6.45, 7) is 8.71. The van der Waals surface area contributed by atoms with Crippen LogP contribution in [0.3, 0.4) is 0 Å². The van der Waals surface area contributed by atoms with E-state index in [9.17, 15) is 18.0 Å². The third kappa shape index (κ3) is 5.32. The number of carbonyl (C=O) groups is 2. The van der Waals surface area contributed by atoms with Crippen molar-refractivity contribution in [3.8, 4) is 0 Å². The molecule has 2 rings (SSSR count). The van der Waals surface area contributed by atoms with Crippen molar-refractivity contribution in [2.75, 3.05) is 26.7 Å². The van der Waals surface area contributed by atoms with Crippen LogP contribution in [0.1, 0.15) is 44.5 Å². The SMILES string of the molecule is CC(C)N(C)S(=O)(=O)c1cccc(C(=O)OCC(=O)N2C[C@@H](C)C[C@H](C)C2)c1. The Bertz CT molecular complexity index is 812. The van der Waals surface area contributed by atoms with Crippen molar-refractivity contribution < 1.29 is 22.7 Å². The molecule has 1 saturated heterocycles. The van der Waals surface area contributed by atoms with Gasteiger partial charge in [-0.3, -0.25) is 4.79 Å². The van der Waals surface area contributed by atoms with Crippen LogP contribution in [-0.4, -0.2) is 62.3 Å². The summed E-state index contributed by atoms with van der Waals surface area (Å²) in [4.78, 5) is 26.4. The third-order valence-electron chi connectivity index (χ3n) is 5.02. The summed E-state index contributed by atoms with van der Waals surface area (Å²) in [5, 5.41) is 0. The van der Waals surface area contributed by atoms with E-state index < -0.39 is 16.0 Å². The van der Waals surface area contributed by atoms with Gasteiger partial charge in [-0.1, -0.05) is 19.9 Å². The van der Waals surface area contributed by atoms with E-state index in [1.165, 1.54) is 35.6 Å². The molecule has 1 heterocycles. The van der Waals surface area contributed by atoms with Crippen LogP contribution < -0.4 is 0 Å². The highest BCUT2D eigenvalue weighted by Crippen LogP contribution is 2.21. The molecule has 0 unspecified atom stereocenters. The summed E-state index contributed by atoms with van der Waals surface area (Å²) >= 11 is 0. The number of amides is 1. The van der Waals surface area contributed by atoms with E-state index in [2.05, 4.69) is 13.8 Å². The van der Waals surface area contributed by atoms with E-state index in [0.29, 0.717) is 24.9 Å². The van der Waals surface area contributed by atoms with Crippen LogP contribution in [0.5, 0.6) is 0 Å². The second-order valence-electron chi connectivity index (χ2n) is 7.96. The molecular weight excluding hydrogens is 380 g/mol. The van der Waals surface area contributed by atoms with E-state index >= 15 is 0 Å². The standard InChI is InChI=1S/C20H30N2O5S/c1-14(2)21(5)28(25,26)18-8-6-7-17(10-18)20(24)27-13-19(23)22-11-15(3)9-16(4)12-22/h6-8,10,14-16H,9,11-13H2,1-5H3/t15-,16-/m0/s1. The molecule has 8 heteroatoms. The number of ether oxygens (including phenoxy) is 1. The topological polar surface area (TPSA) is 84.0 Å². The molecule has 0 aliphatic carbocycles. The smallest absolute Gasteiger partial charge is 0.338 e. The van der Waals surface area contributed by atoms with Crippen LogP contribution in [-0.2, 0) is 19.6 Å². The normalized spacial score (nSPS) is 20.5. The summed E-state index contributed by atoms with van der Waals surface area (Å²) in [6, 6.07) is 5.48. The first-order valence-corrected chi connectivity index (χ1v) is 11.0. The van der Waals surface area contributed by atoms with E-state index in [4.69, 9.17) is 4.74 Å². The molecular formula is C20H30N2O5S. The van der Waals surface area contributed by atoms with E-state index in [0.717, 1.165) is 6.42 Å². The lowest BCUT2D eigenvalue weighted by atomic mass is 9.92. The summed E-state index contributed by atoms with van der Waals surface area (Å²) in [7, 11) is -2.21. The highest BCUT2D eigenvalue weighted by atomic mass is 32.2. The first kappa shape index (κ1) is 22.4. The quantitative estimate of drug-likeness (QED) is 0.673. The summed E-state index contributed by atoms with van der Waals surface area (Å²) < 4.78 is 31.6. The first-order chi connectivity index (χ1) is 13.0. The number of sulfonamides is 1. The van der Waals surface area contributed by atoms with E-state index in [-0.39, 0.29) is 29.0 Å². The summed E-state index contributed by atoms with van der Waals surface area (Å²) in [5.74, 6) is -0.0998. The number of rotatable bonds is 6. The van der Waals surface area contributed by atoms with Gasteiger partial charge in [-0.2, -0.15) is 4.31 Å². The molecule has 0 aromatic heterocycles. The van der Waals surface area contributed by atoms with Gasteiger partial charge in [0.2, 0.25) is 10.0 Å². The summed E-state index contributed by atoms with van der Waals surface area (Å²) in [5.41, 5.74) is 0.103. The lowest BCUT2D eigenvalue weighted by molar-refractivity contribution is -0.137. The minimum absolute atomic E-state index is 0.0168. The average Bonchev–Trinajstić information content (AvgIpc) is 2.64. The molecule has 1 aliphatic rings. The van der Waals surface area contributed by atoms with Crippen LogP contribution in [0.2, 0.25) is 0 Å². The highest BCUT2D eigenvalue weighted by molar-refractivity contribution is 7.89. The van der Waals surface area contributed by atoms with Crippen molar-refractivity contribution in [3.63, 3.8) is 0 Å². The molecule has 7 nitrogen and oxygen atoms in total. The maximum absolute atomic E-state index is 12.6. The number of esters is 1. The molecule has 28 heavy (non-hydrogen) atoms. The van der Waals surface area contributed by atoms with Crippen LogP contribution in [0.4, 0.5) is 0 Å². The predicted molar refractivity (Wildman–Crippen MR) is 106 cm³/mol. The zero-order valence-electron chi connectivity index (χ0n) is 17.2. The van der Waals surface area contributed by atoms with Crippen molar-refractivity contribution in [1.82, 2.24) is 9.21 Å².